The molecule has 2 aliphatic carbocycles. The summed E-state index contributed by atoms with van der Waals surface area (Å²) in [5, 5.41) is 7.99. The van der Waals surface area contributed by atoms with Crippen LogP contribution in [0.5, 0.6) is 0 Å². The normalized spacial score (nSPS) is 27.9. The van der Waals surface area contributed by atoms with E-state index in [0.717, 1.165) is 30.1 Å². The molecule has 4 heteroatoms. The minimum absolute atomic E-state index is 0.729. The van der Waals surface area contributed by atoms with Gasteiger partial charge in [0.25, 0.3) is 0 Å². The Bertz CT molecular complexity index is 593. The minimum Gasteiger partial charge on any atom is -0.310 e. The second kappa shape index (κ2) is 5.60. The summed E-state index contributed by atoms with van der Waals surface area (Å²) in [4.78, 5) is 4.01. The summed E-state index contributed by atoms with van der Waals surface area (Å²) < 4.78 is 1.81. The van der Waals surface area contributed by atoms with Crippen LogP contribution in [0.25, 0.3) is 5.69 Å². The molecule has 1 N–H and O–H groups in total. The predicted molar refractivity (Wildman–Crippen MR) is 82.1 cm³/mol. The number of hydrogen-bond acceptors (Lipinski definition) is 3. The molecular formula is C17H22N4. The summed E-state index contributed by atoms with van der Waals surface area (Å²) in [5.74, 6) is 1.94. The van der Waals surface area contributed by atoms with Crippen molar-refractivity contribution in [1.82, 2.24) is 20.1 Å². The average Bonchev–Trinajstić information content (AvgIpc) is 3.23. The highest BCUT2D eigenvalue weighted by Crippen LogP contribution is 2.44. The van der Waals surface area contributed by atoms with Crippen molar-refractivity contribution in [3.8, 4) is 5.69 Å². The second-order valence-electron chi connectivity index (χ2n) is 6.43. The maximum Gasteiger partial charge on any atom is 0.138 e. The van der Waals surface area contributed by atoms with E-state index in [1.54, 1.807) is 12.7 Å². The van der Waals surface area contributed by atoms with Crippen molar-refractivity contribution in [2.45, 2.75) is 44.7 Å². The Morgan fingerprint density at radius 2 is 2.19 bits per heavy atom. The highest BCUT2D eigenvalue weighted by molar-refractivity contribution is 5.34. The van der Waals surface area contributed by atoms with E-state index in [-0.39, 0.29) is 0 Å². The van der Waals surface area contributed by atoms with Gasteiger partial charge >= 0.3 is 0 Å². The topological polar surface area (TPSA) is 42.7 Å². The fraction of sp³-hybridized carbons (Fsp3) is 0.529. The Kier molecular flexibility index (Phi) is 3.47. The van der Waals surface area contributed by atoms with E-state index in [0.29, 0.717) is 0 Å². The van der Waals surface area contributed by atoms with Crippen LogP contribution >= 0.6 is 0 Å². The van der Waals surface area contributed by atoms with Crippen molar-refractivity contribution in [3.63, 3.8) is 0 Å². The van der Waals surface area contributed by atoms with Gasteiger partial charge in [-0.25, -0.2) is 9.67 Å². The average molecular weight is 282 g/mol. The van der Waals surface area contributed by atoms with E-state index in [9.17, 15) is 0 Å². The summed E-state index contributed by atoms with van der Waals surface area (Å²) >= 11 is 0. The standard InChI is InChI=1S/C17H22N4/c1-3-13(9-15(5-1)21-12-18-11-20-21)10-19-17-8-7-14-4-2-6-16(14)17/h1,3,5,9,11-12,14,16-17,19H,2,4,6-8,10H2/t14-,16-,17?/m0/s1. The molecule has 0 radical (unpaired) electrons. The first-order chi connectivity index (χ1) is 10.4. The van der Waals surface area contributed by atoms with Gasteiger partial charge in [0.15, 0.2) is 0 Å². The molecule has 1 unspecified atom stereocenters. The first-order valence-corrected chi connectivity index (χ1v) is 8.07. The molecule has 21 heavy (non-hydrogen) atoms. The molecule has 2 aromatic rings. The minimum atomic E-state index is 0.729. The summed E-state index contributed by atoms with van der Waals surface area (Å²) in [6, 6.07) is 9.28. The van der Waals surface area contributed by atoms with Crippen molar-refractivity contribution >= 4 is 0 Å². The van der Waals surface area contributed by atoms with Gasteiger partial charge in [-0.1, -0.05) is 25.0 Å². The van der Waals surface area contributed by atoms with Crippen molar-refractivity contribution in [2.75, 3.05) is 0 Å². The van der Waals surface area contributed by atoms with Crippen LogP contribution in [0, 0.1) is 11.8 Å². The largest absolute Gasteiger partial charge is 0.310 e. The summed E-state index contributed by atoms with van der Waals surface area (Å²) in [7, 11) is 0. The van der Waals surface area contributed by atoms with Crippen molar-refractivity contribution < 1.29 is 0 Å². The predicted octanol–water partition coefficient (Wildman–Crippen LogP) is 2.94. The zero-order chi connectivity index (χ0) is 14.1. The Morgan fingerprint density at radius 3 is 3.10 bits per heavy atom. The van der Waals surface area contributed by atoms with Crippen LogP contribution in [-0.2, 0) is 6.54 Å². The highest BCUT2D eigenvalue weighted by atomic mass is 15.3. The molecule has 2 aliphatic rings. The van der Waals surface area contributed by atoms with Crippen LogP contribution in [0.15, 0.2) is 36.9 Å². The zero-order valence-corrected chi connectivity index (χ0v) is 12.3. The first-order valence-electron chi connectivity index (χ1n) is 8.07. The van der Waals surface area contributed by atoms with Crippen molar-refractivity contribution in [2.24, 2.45) is 11.8 Å². The molecule has 2 saturated carbocycles. The molecule has 0 spiro atoms. The van der Waals surface area contributed by atoms with E-state index in [1.165, 1.54) is 37.7 Å². The molecule has 0 saturated heterocycles. The van der Waals surface area contributed by atoms with Crippen LogP contribution in [0.1, 0.15) is 37.7 Å². The summed E-state index contributed by atoms with van der Waals surface area (Å²) in [6.07, 6.45) is 10.4. The SMILES string of the molecule is c1cc(CNC2CC[C@@H]3CCC[C@H]23)cc(-n2cncn2)c1. The number of rotatable bonds is 4. The number of benzene rings is 1. The lowest BCUT2D eigenvalue weighted by molar-refractivity contribution is 0.366. The lowest BCUT2D eigenvalue weighted by Crippen LogP contribution is -2.32. The van der Waals surface area contributed by atoms with Gasteiger partial charge in [0.1, 0.15) is 12.7 Å². The molecule has 110 valence electrons. The highest BCUT2D eigenvalue weighted by Gasteiger charge is 2.38. The number of fused-ring (bicyclic) bond motifs is 1. The molecule has 4 nitrogen and oxygen atoms in total. The smallest absolute Gasteiger partial charge is 0.138 e. The van der Waals surface area contributed by atoms with E-state index >= 15 is 0 Å². The van der Waals surface area contributed by atoms with Gasteiger partial charge < -0.3 is 5.32 Å². The van der Waals surface area contributed by atoms with Crippen molar-refractivity contribution in [1.29, 1.82) is 0 Å². The Balaban J connectivity index is 1.42. The Hall–Kier alpha value is -1.68. The third kappa shape index (κ3) is 2.60. The molecule has 1 aromatic carbocycles. The maximum atomic E-state index is 4.19. The molecule has 0 amide bonds. The number of aromatic nitrogens is 3. The summed E-state index contributed by atoms with van der Waals surface area (Å²) in [6.45, 7) is 0.955. The molecular weight excluding hydrogens is 260 g/mol. The van der Waals surface area contributed by atoms with Gasteiger partial charge in [-0.3, -0.25) is 0 Å². The van der Waals surface area contributed by atoms with E-state index in [2.05, 4.69) is 39.7 Å². The molecule has 0 bridgehead atoms. The molecule has 3 atom stereocenters. The van der Waals surface area contributed by atoms with Crippen LogP contribution in [0.4, 0.5) is 0 Å². The third-order valence-electron chi connectivity index (χ3n) is 5.25. The van der Waals surface area contributed by atoms with Crippen LogP contribution in [0.2, 0.25) is 0 Å². The molecule has 4 rings (SSSR count). The quantitative estimate of drug-likeness (QED) is 0.937. The molecule has 0 aliphatic heterocycles. The monoisotopic (exact) mass is 282 g/mol. The fourth-order valence-electron chi connectivity index (χ4n) is 4.21. The van der Waals surface area contributed by atoms with Crippen molar-refractivity contribution in [3.05, 3.63) is 42.5 Å². The van der Waals surface area contributed by atoms with Crippen LogP contribution < -0.4 is 5.32 Å². The lowest BCUT2D eigenvalue weighted by atomic mass is 9.97. The van der Waals surface area contributed by atoms with E-state index < -0.39 is 0 Å². The second-order valence-corrected chi connectivity index (χ2v) is 6.43. The van der Waals surface area contributed by atoms with E-state index in [1.807, 2.05) is 4.68 Å². The van der Waals surface area contributed by atoms with Gasteiger partial charge in [0.2, 0.25) is 0 Å². The molecule has 1 aromatic heterocycles. The number of hydrogen-bond donors (Lipinski definition) is 1. The van der Waals surface area contributed by atoms with Gasteiger partial charge in [0.05, 0.1) is 5.69 Å². The van der Waals surface area contributed by atoms with Gasteiger partial charge in [-0.2, -0.15) is 5.10 Å². The lowest BCUT2D eigenvalue weighted by Gasteiger charge is -2.20. The molecule has 2 fully saturated rings. The first kappa shape index (κ1) is 13.0. The van der Waals surface area contributed by atoms with Crippen LogP contribution in [-0.4, -0.2) is 20.8 Å². The number of nitrogens with one attached hydrogen (secondary N) is 1. The summed E-state index contributed by atoms with van der Waals surface area (Å²) in [5.41, 5.74) is 2.40. The van der Waals surface area contributed by atoms with Crippen LogP contribution in [0.3, 0.4) is 0 Å². The van der Waals surface area contributed by atoms with Gasteiger partial charge in [-0.15, -0.1) is 0 Å². The fourth-order valence-corrected chi connectivity index (χ4v) is 4.21. The Morgan fingerprint density at radius 1 is 1.19 bits per heavy atom. The van der Waals surface area contributed by atoms with Gasteiger partial charge in [-0.05, 0) is 48.8 Å². The third-order valence-corrected chi connectivity index (χ3v) is 5.25. The zero-order valence-electron chi connectivity index (χ0n) is 12.3. The van der Waals surface area contributed by atoms with Gasteiger partial charge in [0, 0.05) is 12.6 Å². The Labute approximate surface area is 125 Å². The maximum absolute atomic E-state index is 4.19. The molecule has 1 heterocycles. The number of nitrogens with zero attached hydrogens (tertiary/aromatic N) is 3. The van der Waals surface area contributed by atoms with E-state index in [4.69, 9.17) is 0 Å².